The van der Waals surface area contributed by atoms with E-state index in [0.717, 1.165) is 6.04 Å². The van der Waals surface area contributed by atoms with Crippen LogP contribution in [-0.2, 0) is 16.2 Å². The number of hydrogen-bond acceptors (Lipinski definition) is 4. The molecule has 0 bridgehead atoms. The van der Waals surface area contributed by atoms with Crippen molar-refractivity contribution in [1.29, 1.82) is 0 Å². The molecule has 0 saturated carbocycles. The minimum absolute atomic E-state index is 0.317. The maximum Gasteiger partial charge on any atom is 0.357 e. The fraction of sp³-hybridized carbons (Fsp3) is 0.667. The molecule has 0 amide bonds. The molecule has 19 heavy (non-hydrogen) atoms. The molecule has 0 aliphatic carbocycles. The summed E-state index contributed by atoms with van der Waals surface area (Å²) >= 11 is 3.25. The van der Waals surface area contributed by atoms with Crippen LogP contribution < -0.4 is 0 Å². The van der Waals surface area contributed by atoms with E-state index in [0.29, 0.717) is 30.2 Å². The topological polar surface area (TPSA) is 53.3 Å². The summed E-state index contributed by atoms with van der Waals surface area (Å²) in [5, 5.41) is 0. The van der Waals surface area contributed by atoms with Gasteiger partial charge in [-0.1, -0.05) is 19.6 Å². The number of nitrogens with zero attached hydrogens (tertiary/aromatic N) is 2. The molecule has 0 atom stereocenters. The van der Waals surface area contributed by atoms with Crippen LogP contribution in [0.3, 0.4) is 0 Å². The van der Waals surface area contributed by atoms with E-state index in [-0.39, 0.29) is 5.97 Å². The van der Waals surface area contributed by atoms with Gasteiger partial charge in [0.1, 0.15) is 11.3 Å². The molecule has 0 N–H and O–H groups in total. The molecule has 0 aliphatic rings. The second-order valence-electron chi connectivity index (χ2n) is 5.42. The normalized spacial score (nSPS) is 11.6. The lowest BCUT2D eigenvalue weighted by molar-refractivity contribution is 0.0472. The number of carbonyl (C=O) groups is 1. The van der Waals surface area contributed by atoms with Crippen molar-refractivity contribution in [3.8, 4) is 0 Å². The van der Waals surface area contributed by atoms with Crippen molar-refractivity contribution in [2.45, 2.75) is 39.3 Å². The van der Waals surface area contributed by atoms with E-state index in [1.165, 1.54) is 0 Å². The Morgan fingerprint density at radius 1 is 1.47 bits per heavy atom. The second-order valence-corrected chi connectivity index (χ2v) is 11.8. The third-order valence-electron chi connectivity index (χ3n) is 2.49. The Kier molecular flexibility index (Phi) is 6.22. The van der Waals surface area contributed by atoms with Crippen LogP contribution in [0.15, 0.2) is 10.9 Å². The van der Waals surface area contributed by atoms with Crippen molar-refractivity contribution in [2.75, 3.05) is 13.2 Å². The average molecular weight is 349 g/mol. The van der Waals surface area contributed by atoms with Crippen molar-refractivity contribution in [1.82, 2.24) is 9.55 Å². The SMILES string of the molecule is CCOC(=O)c1c(Br)ncn1COCC[Si](C)(C)C. The van der Waals surface area contributed by atoms with E-state index in [4.69, 9.17) is 9.47 Å². The molecular weight excluding hydrogens is 328 g/mol. The molecular formula is C12H21BrN2O3Si. The number of halogens is 1. The van der Waals surface area contributed by atoms with Gasteiger partial charge >= 0.3 is 5.97 Å². The van der Waals surface area contributed by atoms with E-state index < -0.39 is 8.07 Å². The molecule has 1 aromatic rings. The van der Waals surface area contributed by atoms with Crippen LogP contribution in [-0.4, -0.2) is 36.8 Å². The Morgan fingerprint density at radius 3 is 2.74 bits per heavy atom. The van der Waals surface area contributed by atoms with E-state index in [2.05, 4.69) is 40.6 Å². The highest BCUT2D eigenvalue weighted by atomic mass is 79.9. The maximum atomic E-state index is 11.8. The fourth-order valence-corrected chi connectivity index (χ4v) is 2.64. The second kappa shape index (κ2) is 7.21. The third kappa shape index (κ3) is 5.46. The Bertz CT molecular complexity index is 429. The average Bonchev–Trinajstić information content (AvgIpc) is 2.65. The first-order chi connectivity index (χ1) is 8.85. The van der Waals surface area contributed by atoms with Crippen molar-refractivity contribution in [2.24, 2.45) is 0 Å². The van der Waals surface area contributed by atoms with Gasteiger partial charge in [0.15, 0.2) is 5.69 Å². The lowest BCUT2D eigenvalue weighted by atomic mass is 10.5. The molecule has 0 unspecified atom stereocenters. The minimum Gasteiger partial charge on any atom is -0.461 e. The van der Waals surface area contributed by atoms with Crippen LogP contribution in [0.2, 0.25) is 25.7 Å². The first-order valence-electron chi connectivity index (χ1n) is 6.30. The summed E-state index contributed by atoms with van der Waals surface area (Å²) in [4.78, 5) is 15.8. The van der Waals surface area contributed by atoms with Crippen LogP contribution in [0.25, 0.3) is 0 Å². The molecule has 0 aliphatic heterocycles. The molecule has 0 radical (unpaired) electrons. The van der Waals surface area contributed by atoms with Crippen molar-refractivity contribution in [3.05, 3.63) is 16.6 Å². The first kappa shape index (κ1) is 16.4. The molecule has 1 aromatic heterocycles. The van der Waals surface area contributed by atoms with Gasteiger partial charge in [0.05, 0.1) is 12.9 Å². The number of esters is 1. The highest BCUT2D eigenvalue weighted by Crippen LogP contribution is 2.16. The maximum absolute atomic E-state index is 11.8. The van der Waals surface area contributed by atoms with Gasteiger partial charge in [-0.2, -0.15) is 0 Å². The summed E-state index contributed by atoms with van der Waals surface area (Å²) in [6.45, 7) is 10.0. The number of ether oxygens (including phenoxy) is 2. The lowest BCUT2D eigenvalue weighted by Crippen LogP contribution is -2.22. The quantitative estimate of drug-likeness (QED) is 0.431. The van der Waals surface area contributed by atoms with Crippen LogP contribution in [0.4, 0.5) is 0 Å². The lowest BCUT2D eigenvalue weighted by Gasteiger charge is -2.16. The van der Waals surface area contributed by atoms with Crippen LogP contribution in [0.5, 0.6) is 0 Å². The highest BCUT2D eigenvalue weighted by Gasteiger charge is 2.18. The smallest absolute Gasteiger partial charge is 0.357 e. The first-order valence-corrected chi connectivity index (χ1v) is 10.8. The molecule has 0 saturated heterocycles. The van der Waals surface area contributed by atoms with Gasteiger partial charge < -0.3 is 9.47 Å². The number of hydrogen-bond donors (Lipinski definition) is 0. The zero-order valence-corrected chi connectivity index (χ0v) is 14.5. The number of carbonyl (C=O) groups excluding carboxylic acids is 1. The van der Waals surface area contributed by atoms with E-state index in [9.17, 15) is 4.79 Å². The van der Waals surface area contributed by atoms with E-state index in [1.807, 2.05) is 0 Å². The van der Waals surface area contributed by atoms with Gasteiger partial charge in [-0.05, 0) is 28.9 Å². The monoisotopic (exact) mass is 348 g/mol. The van der Waals surface area contributed by atoms with Gasteiger partial charge in [-0.3, -0.25) is 4.57 Å². The Hall–Kier alpha value is -0.663. The zero-order chi connectivity index (χ0) is 14.5. The fourth-order valence-electron chi connectivity index (χ4n) is 1.40. The number of aromatic nitrogens is 2. The standard InChI is InChI=1S/C12H21BrN2O3Si/c1-5-18-12(16)10-11(13)14-8-15(10)9-17-6-7-19(2,3)4/h8H,5-7,9H2,1-4H3. The van der Waals surface area contributed by atoms with Gasteiger partial charge in [0.25, 0.3) is 0 Å². The molecule has 1 heterocycles. The van der Waals surface area contributed by atoms with Crippen LogP contribution in [0, 0.1) is 0 Å². The largest absolute Gasteiger partial charge is 0.461 e. The van der Waals surface area contributed by atoms with Crippen molar-refractivity contribution >= 4 is 30.0 Å². The minimum atomic E-state index is -1.09. The molecule has 0 aromatic carbocycles. The molecule has 5 nitrogen and oxygen atoms in total. The molecule has 108 valence electrons. The summed E-state index contributed by atoms with van der Waals surface area (Å²) in [5.41, 5.74) is 0.398. The predicted molar refractivity (Wildman–Crippen MR) is 80.0 cm³/mol. The Labute approximate surface area is 123 Å². The number of imidazole rings is 1. The van der Waals surface area contributed by atoms with Gasteiger partial charge in [-0.25, -0.2) is 9.78 Å². The predicted octanol–water partition coefficient (Wildman–Crippen LogP) is 3.13. The van der Waals surface area contributed by atoms with Gasteiger partial charge in [0.2, 0.25) is 0 Å². The van der Waals surface area contributed by atoms with Crippen LogP contribution >= 0.6 is 15.9 Å². The molecule has 1 rings (SSSR count). The Morgan fingerprint density at radius 2 is 2.16 bits per heavy atom. The Balaban J connectivity index is 2.57. The van der Waals surface area contributed by atoms with E-state index in [1.54, 1.807) is 17.8 Å². The van der Waals surface area contributed by atoms with Crippen molar-refractivity contribution in [3.63, 3.8) is 0 Å². The van der Waals surface area contributed by atoms with Crippen molar-refractivity contribution < 1.29 is 14.3 Å². The summed E-state index contributed by atoms with van der Waals surface area (Å²) in [6.07, 6.45) is 1.57. The van der Waals surface area contributed by atoms with E-state index >= 15 is 0 Å². The molecule has 7 heteroatoms. The number of rotatable bonds is 7. The summed E-state index contributed by atoms with van der Waals surface area (Å²) < 4.78 is 12.7. The highest BCUT2D eigenvalue weighted by molar-refractivity contribution is 9.10. The van der Waals surface area contributed by atoms with Gasteiger partial charge in [-0.15, -0.1) is 0 Å². The summed E-state index contributed by atoms with van der Waals surface area (Å²) in [7, 11) is -1.09. The third-order valence-corrected chi connectivity index (χ3v) is 4.77. The summed E-state index contributed by atoms with van der Waals surface area (Å²) in [6, 6.07) is 1.09. The molecule has 0 spiro atoms. The zero-order valence-electron chi connectivity index (χ0n) is 11.9. The summed E-state index contributed by atoms with van der Waals surface area (Å²) in [5.74, 6) is -0.388. The van der Waals surface area contributed by atoms with Gasteiger partial charge in [0, 0.05) is 14.7 Å². The van der Waals surface area contributed by atoms with Crippen LogP contribution in [0.1, 0.15) is 17.4 Å². The molecule has 0 fully saturated rings.